The molecule has 0 radical (unpaired) electrons. The molecule has 1 amide bonds. The van der Waals surface area contributed by atoms with Gasteiger partial charge >= 0.3 is 5.97 Å². The molecule has 0 heterocycles. The minimum Gasteiger partial charge on any atom is -0.467 e. The number of ether oxygens (including phenoxy) is 1. The van der Waals surface area contributed by atoms with Crippen LogP contribution < -0.4 is 5.32 Å². The molecule has 0 aliphatic heterocycles. The summed E-state index contributed by atoms with van der Waals surface area (Å²) in [5.41, 5.74) is 1.16. The van der Waals surface area contributed by atoms with Gasteiger partial charge in [-0.25, -0.2) is 4.79 Å². The fourth-order valence-corrected chi connectivity index (χ4v) is 1.99. The van der Waals surface area contributed by atoms with Crippen LogP contribution in [0.25, 0.3) is 6.08 Å². The molecule has 1 atom stereocenters. The van der Waals surface area contributed by atoms with Gasteiger partial charge in [0.05, 0.1) is 7.11 Å². The predicted molar refractivity (Wildman–Crippen MR) is 92.6 cm³/mol. The van der Waals surface area contributed by atoms with Crippen molar-refractivity contribution in [2.75, 3.05) is 7.11 Å². The maximum Gasteiger partial charge on any atom is 0.328 e. The smallest absolute Gasteiger partial charge is 0.328 e. The second-order valence-corrected chi connectivity index (χ2v) is 5.55. The molecule has 1 N–H and O–H groups in total. The molecular weight excluding hydrogens is 290 g/mol. The predicted octanol–water partition coefficient (Wildman–Crippen LogP) is 3.35. The highest BCUT2D eigenvalue weighted by atomic mass is 16.5. The monoisotopic (exact) mass is 315 g/mol. The number of amides is 1. The second kappa shape index (κ2) is 10.4. The number of methoxy groups -OCH3 is 1. The Balaban J connectivity index is 2.35. The number of hydrogen-bond acceptors (Lipinski definition) is 3. The van der Waals surface area contributed by atoms with Crippen LogP contribution in [-0.2, 0) is 14.3 Å². The van der Waals surface area contributed by atoms with Crippen molar-refractivity contribution in [1.29, 1.82) is 0 Å². The third kappa shape index (κ3) is 7.45. The summed E-state index contributed by atoms with van der Waals surface area (Å²) in [6.45, 7) is 3.72. The lowest BCUT2D eigenvalue weighted by Crippen LogP contribution is -2.44. The number of unbranched alkanes of at least 4 members (excludes halogenated alkanes) is 1. The molecule has 0 aromatic heterocycles. The number of nitrogens with one attached hydrogen (secondary N) is 1. The summed E-state index contributed by atoms with van der Waals surface area (Å²) in [6, 6.07) is 9.44. The lowest BCUT2D eigenvalue weighted by atomic mass is 10.0. The minimum atomic E-state index is -0.616. The molecule has 1 unspecified atom stereocenters. The van der Waals surface area contributed by atoms with E-state index in [9.17, 15) is 9.59 Å². The van der Waals surface area contributed by atoms with E-state index >= 15 is 0 Å². The molecule has 1 aromatic rings. The third-order valence-corrected chi connectivity index (χ3v) is 3.30. The Morgan fingerprint density at radius 3 is 2.39 bits per heavy atom. The number of benzene rings is 1. The number of esters is 1. The van der Waals surface area contributed by atoms with Crippen molar-refractivity contribution in [2.45, 2.75) is 32.7 Å². The van der Waals surface area contributed by atoms with Crippen LogP contribution in [0.15, 0.2) is 48.6 Å². The molecule has 0 saturated carbocycles. The van der Waals surface area contributed by atoms with Gasteiger partial charge in [-0.15, -0.1) is 0 Å². The third-order valence-electron chi connectivity index (χ3n) is 3.30. The highest BCUT2D eigenvalue weighted by Gasteiger charge is 2.23. The Bertz CT molecular complexity index is 547. The van der Waals surface area contributed by atoms with Crippen LogP contribution in [0, 0.1) is 5.92 Å². The molecule has 0 aliphatic rings. The van der Waals surface area contributed by atoms with Gasteiger partial charge in [0.25, 0.3) is 0 Å². The van der Waals surface area contributed by atoms with Crippen LogP contribution in [0.5, 0.6) is 0 Å². The molecule has 4 nitrogen and oxygen atoms in total. The summed E-state index contributed by atoms with van der Waals surface area (Å²) in [5, 5.41) is 2.67. The van der Waals surface area contributed by atoms with E-state index in [-0.39, 0.29) is 11.8 Å². The topological polar surface area (TPSA) is 55.4 Å². The van der Waals surface area contributed by atoms with E-state index < -0.39 is 12.0 Å². The zero-order valence-corrected chi connectivity index (χ0v) is 14.0. The zero-order valence-electron chi connectivity index (χ0n) is 14.0. The number of rotatable bonds is 8. The fraction of sp³-hybridized carbons (Fsp3) is 0.368. The first-order chi connectivity index (χ1) is 11.0. The summed E-state index contributed by atoms with van der Waals surface area (Å²) in [5.74, 6) is -0.720. The fourth-order valence-electron chi connectivity index (χ4n) is 1.99. The number of carbonyl (C=O) groups is 2. The first kappa shape index (κ1) is 18.7. The first-order valence-electron chi connectivity index (χ1n) is 7.81. The molecule has 4 heteroatoms. The summed E-state index contributed by atoms with van der Waals surface area (Å²) < 4.78 is 4.69. The van der Waals surface area contributed by atoms with Crippen LogP contribution >= 0.6 is 0 Å². The molecular formula is C19H25NO3. The molecule has 0 saturated heterocycles. The average molecular weight is 315 g/mol. The standard InChI is InChI=1S/C19H25NO3/c1-15(2)18(19(22)23-3)20-17(21)14-10-5-4-7-11-16-12-8-6-9-13-16/h6-15,18H,4-5H2,1-3H3,(H,20,21). The largest absolute Gasteiger partial charge is 0.467 e. The van der Waals surface area contributed by atoms with E-state index in [0.717, 1.165) is 18.4 Å². The maximum atomic E-state index is 11.8. The van der Waals surface area contributed by atoms with Crippen molar-refractivity contribution in [3.63, 3.8) is 0 Å². The zero-order chi connectivity index (χ0) is 17.1. The summed E-state index contributed by atoms with van der Waals surface area (Å²) in [6.07, 6.45) is 9.02. The molecule has 0 aliphatic carbocycles. The molecule has 0 bridgehead atoms. The van der Waals surface area contributed by atoms with Gasteiger partial charge in [0.15, 0.2) is 0 Å². The van der Waals surface area contributed by atoms with Crippen molar-refractivity contribution < 1.29 is 14.3 Å². The SMILES string of the molecule is COC(=O)C(NC(=O)C=CCCC=Cc1ccccc1)C(C)C. The quantitative estimate of drug-likeness (QED) is 0.455. The van der Waals surface area contributed by atoms with Crippen LogP contribution in [0.1, 0.15) is 32.3 Å². The lowest BCUT2D eigenvalue weighted by Gasteiger charge is -2.18. The van der Waals surface area contributed by atoms with E-state index in [0.29, 0.717) is 0 Å². The Morgan fingerprint density at radius 2 is 1.78 bits per heavy atom. The van der Waals surface area contributed by atoms with Gasteiger partial charge in [-0.05, 0) is 30.4 Å². The Hall–Kier alpha value is -2.36. The van der Waals surface area contributed by atoms with E-state index in [2.05, 4.69) is 22.2 Å². The summed E-state index contributed by atoms with van der Waals surface area (Å²) >= 11 is 0. The highest BCUT2D eigenvalue weighted by Crippen LogP contribution is 2.05. The van der Waals surface area contributed by atoms with Gasteiger partial charge < -0.3 is 10.1 Å². The van der Waals surface area contributed by atoms with Crippen molar-refractivity contribution >= 4 is 18.0 Å². The van der Waals surface area contributed by atoms with E-state index in [1.54, 1.807) is 6.08 Å². The van der Waals surface area contributed by atoms with Crippen LogP contribution in [0.4, 0.5) is 0 Å². The van der Waals surface area contributed by atoms with Crippen molar-refractivity contribution in [3.05, 3.63) is 54.1 Å². The second-order valence-electron chi connectivity index (χ2n) is 5.55. The van der Waals surface area contributed by atoms with Gasteiger partial charge in [0.2, 0.25) is 5.91 Å². The molecule has 1 rings (SSSR count). The van der Waals surface area contributed by atoms with E-state index in [4.69, 9.17) is 0 Å². The summed E-state index contributed by atoms with van der Waals surface area (Å²) in [4.78, 5) is 23.4. The highest BCUT2D eigenvalue weighted by molar-refractivity contribution is 5.91. The average Bonchev–Trinajstić information content (AvgIpc) is 2.55. The Morgan fingerprint density at radius 1 is 1.13 bits per heavy atom. The number of hydrogen-bond donors (Lipinski definition) is 1. The van der Waals surface area contributed by atoms with Crippen LogP contribution in [-0.4, -0.2) is 25.0 Å². The van der Waals surface area contributed by atoms with Gasteiger partial charge in [-0.3, -0.25) is 4.79 Å². The molecule has 0 spiro atoms. The van der Waals surface area contributed by atoms with Crippen molar-refractivity contribution in [1.82, 2.24) is 5.32 Å². The summed E-state index contributed by atoms with van der Waals surface area (Å²) in [7, 11) is 1.32. The van der Waals surface area contributed by atoms with Crippen molar-refractivity contribution in [3.8, 4) is 0 Å². The number of carbonyl (C=O) groups excluding carboxylic acids is 2. The Kier molecular flexibility index (Phi) is 8.43. The normalized spacial score (nSPS) is 12.7. The van der Waals surface area contributed by atoms with E-state index in [1.165, 1.54) is 13.2 Å². The number of allylic oxidation sites excluding steroid dienone is 2. The van der Waals surface area contributed by atoms with E-state index in [1.807, 2.05) is 44.2 Å². The molecule has 23 heavy (non-hydrogen) atoms. The Labute approximate surface area is 138 Å². The van der Waals surface area contributed by atoms with Gasteiger partial charge in [-0.1, -0.05) is 62.4 Å². The van der Waals surface area contributed by atoms with Gasteiger partial charge in [0.1, 0.15) is 6.04 Å². The molecule has 1 aromatic carbocycles. The van der Waals surface area contributed by atoms with Crippen LogP contribution in [0.2, 0.25) is 0 Å². The van der Waals surface area contributed by atoms with Crippen molar-refractivity contribution in [2.24, 2.45) is 5.92 Å². The first-order valence-corrected chi connectivity index (χ1v) is 7.81. The van der Waals surface area contributed by atoms with Crippen LogP contribution in [0.3, 0.4) is 0 Å². The maximum absolute atomic E-state index is 11.8. The lowest BCUT2D eigenvalue weighted by molar-refractivity contribution is -0.145. The molecule has 0 fully saturated rings. The van der Waals surface area contributed by atoms with Gasteiger partial charge in [0, 0.05) is 0 Å². The molecule has 124 valence electrons. The van der Waals surface area contributed by atoms with Gasteiger partial charge in [-0.2, -0.15) is 0 Å². The minimum absolute atomic E-state index is 0.0198.